The van der Waals surface area contributed by atoms with E-state index in [1.807, 2.05) is 44.2 Å². The van der Waals surface area contributed by atoms with Gasteiger partial charge in [-0.2, -0.15) is 0 Å². The Labute approximate surface area is 137 Å². The summed E-state index contributed by atoms with van der Waals surface area (Å²) in [6, 6.07) is 13.2. The second kappa shape index (κ2) is 8.22. The first kappa shape index (κ1) is 16.9. The molecule has 0 spiro atoms. The molecular weight excluding hydrogens is 290 g/mol. The number of hydrogen-bond acceptors (Lipinski definition) is 3. The minimum Gasteiger partial charge on any atom is -0.494 e. The maximum Gasteiger partial charge on any atom is 0.262 e. The molecule has 0 aliphatic heterocycles. The van der Waals surface area contributed by atoms with Gasteiger partial charge in [-0.15, -0.1) is 0 Å². The van der Waals surface area contributed by atoms with E-state index in [9.17, 15) is 4.79 Å². The highest BCUT2D eigenvalue weighted by atomic mass is 16.5. The lowest BCUT2D eigenvalue weighted by molar-refractivity contribution is -0.118. The third-order valence-electron chi connectivity index (χ3n) is 3.32. The third kappa shape index (κ3) is 5.33. The molecule has 0 saturated heterocycles. The van der Waals surface area contributed by atoms with Gasteiger partial charge in [0.1, 0.15) is 11.5 Å². The zero-order valence-corrected chi connectivity index (χ0v) is 13.9. The monoisotopic (exact) mass is 313 g/mol. The van der Waals surface area contributed by atoms with Gasteiger partial charge in [0, 0.05) is 5.69 Å². The standard InChI is InChI=1S/C19H23NO3/c1-4-11-22-16-6-8-17(9-7-16)23-13-19(21)20-18-10-5-14(2)12-15(18)3/h5-10,12H,4,11,13H2,1-3H3,(H,20,21). The fourth-order valence-corrected chi connectivity index (χ4v) is 2.14. The van der Waals surface area contributed by atoms with Crippen LogP contribution in [0.5, 0.6) is 11.5 Å². The summed E-state index contributed by atoms with van der Waals surface area (Å²) in [6.45, 7) is 6.72. The van der Waals surface area contributed by atoms with Crippen molar-refractivity contribution in [2.24, 2.45) is 0 Å². The number of carbonyl (C=O) groups is 1. The topological polar surface area (TPSA) is 47.6 Å². The lowest BCUT2D eigenvalue weighted by atomic mass is 10.1. The summed E-state index contributed by atoms with van der Waals surface area (Å²) >= 11 is 0. The minimum absolute atomic E-state index is 0.0253. The first-order chi connectivity index (χ1) is 11.1. The number of nitrogens with one attached hydrogen (secondary N) is 1. The number of anilines is 1. The molecule has 0 aliphatic rings. The Morgan fingerprint density at radius 2 is 1.65 bits per heavy atom. The van der Waals surface area contributed by atoms with Crippen molar-refractivity contribution in [3.8, 4) is 11.5 Å². The fourth-order valence-electron chi connectivity index (χ4n) is 2.14. The van der Waals surface area contributed by atoms with E-state index < -0.39 is 0 Å². The zero-order valence-electron chi connectivity index (χ0n) is 13.9. The van der Waals surface area contributed by atoms with Gasteiger partial charge in [0.2, 0.25) is 0 Å². The molecule has 0 atom stereocenters. The van der Waals surface area contributed by atoms with Crippen LogP contribution in [0.1, 0.15) is 24.5 Å². The van der Waals surface area contributed by atoms with Crippen LogP contribution in [0.15, 0.2) is 42.5 Å². The number of rotatable bonds is 7. The van der Waals surface area contributed by atoms with Crippen molar-refractivity contribution in [2.45, 2.75) is 27.2 Å². The molecule has 2 rings (SSSR count). The van der Waals surface area contributed by atoms with Crippen LogP contribution in [-0.4, -0.2) is 19.1 Å². The van der Waals surface area contributed by atoms with Crippen LogP contribution in [0.25, 0.3) is 0 Å². The second-order valence-corrected chi connectivity index (χ2v) is 5.48. The predicted octanol–water partition coefficient (Wildman–Crippen LogP) is 4.11. The number of amides is 1. The molecule has 4 nitrogen and oxygen atoms in total. The molecule has 2 aromatic carbocycles. The number of aryl methyl sites for hydroxylation is 2. The molecule has 2 aromatic rings. The van der Waals surface area contributed by atoms with Gasteiger partial charge in [-0.25, -0.2) is 0 Å². The molecule has 0 fully saturated rings. The Bertz CT molecular complexity index is 650. The molecule has 0 bridgehead atoms. The first-order valence-corrected chi connectivity index (χ1v) is 7.81. The fraction of sp³-hybridized carbons (Fsp3) is 0.316. The van der Waals surface area contributed by atoms with Crippen molar-refractivity contribution in [1.29, 1.82) is 0 Å². The van der Waals surface area contributed by atoms with Crippen molar-refractivity contribution in [2.75, 3.05) is 18.5 Å². The SMILES string of the molecule is CCCOc1ccc(OCC(=O)Nc2ccc(C)cc2C)cc1. The van der Waals surface area contributed by atoms with E-state index in [-0.39, 0.29) is 12.5 Å². The Kier molecular flexibility index (Phi) is 6.03. The molecule has 4 heteroatoms. The average molecular weight is 313 g/mol. The number of ether oxygens (including phenoxy) is 2. The number of carbonyl (C=O) groups excluding carboxylic acids is 1. The maximum absolute atomic E-state index is 12.0. The third-order valence-corrected chi connectivity index (χ3v) is 3.32. The van der Waals surface area contributed by atoms with Crippen molar-refractivity contribution in [3.05, 3.63) is 53.6 Å². The van der Waals surface area contributed by atoms with Gasteiger partial charge >= 0.3 is 0 Å². The summed E-state index contributed by atoms with van der Waals surface area (Å²) in [5.41, 5.74) is 3.02. The van der Waals surface area contributed by atoms with E-state index in [4.69, 9.17) is 9.47 Å². The van der Waals surface area contributed by atoms with E-state index in [0.717, 1.165) is 23.4 Å². The summed E-state index contributed by atoms with van der Waals surface area (Å²) in [5, 5.41) is 2.86. The Morgan fingerprint density at radius 3 is 2.26 bits per heavy atom. The minimum atomic E-state index is -0.178. The molecule has 0 unspecified atom stereocenters. The van der Waals surface area contributed by atoms with Crippen molar-refractivity contribution >= 4 is 11.6 Å². The largest absolute Gasteiger partial charge is 0.494 e. The zero-order chi connectivity index (χ0) is 16.7. The van der Waals surface area contributed by atoms with Crippen LogP contribution in [0.3, 0.4) is 0 Å². The summed E-state index contributed by atoms with van der Waals surface area (Å²) in [6.07, 6.45) is 0.969. The second-order valence-electron chi connectivity index (χ2n) is 5.48. The van der Waals surface area contributed by atoms with E-state index in [2.05, 4.69) is 12.2 Å². The van der Waals surface area contributed by atoms with E-state index in [0.29, 0.717) is 12.4 Å². The van der Waals surface area contributed by atoms with Crippen molar-refractivity contribution in [3.63, 3.8) is 0 Å². The van der Waals surface area contributed by atoms with E-state index in [1.54, 1.807) is 12.1 Å². The Hall–Kier alpha value is -2.49. The summed E-state index contributed by atoms with van der Waals surface area (Å²) < 4.78 is 11.0. The quantitative estimate of drug-likeness (QED) is 0.837. The summed E-state index contributed by atoms with van der Waals surface area (Å²) in [7, 11) is 0. The molecule has 122 valence electrons. The van der Waals surface area contributed by atoms with E-state index >= 15 is 0 Å². The van der Waals surface area contributed by atoms with Crippen LogP contribution in [0.2, 0.25) is 0 Å². The molecule has 0 heterocycles. The normalized spacial score (nSPS) is 10.2. The van der Waals surface area contributed by atoms with Crippen LogP contribution in [0.4, 0.5) is 5.69 Å². The number of benzene rings is 2. The molecule has 1 N–H and O–H groups in total. The molecule has 0 aliphatic carbocycles. The van der Waals surface area contributed by atoms with Crippen LogP contribution in [0, 0.1) is 13.8 Å². The Balaban J connectivity index is 1.84. The Morgan fingerprint density at radius 1 is 1.00 bits per heavy atom. The van der Waals surface area contributed by atoms with Gasteiger partial charge in [-0.05, 0) is 56.2 Å². The highest BCUT2D eigenvalue weighted by molar-refractivity contribution is 5.92. The van der Waals surface area contributed by atoms with Gasteiger partial charge in [0.05, 0.1) is 6.61 Å². The summed E-state index contributed by atoms with van der Waals surface area (Å²) in [4.78, 5) is 12.0. The molecular formula is C19H23NO3. The first-order valence-electron chi connectivity index (χ1n) is 7.81. The van der Waals surface area contributed by atoms with E-state index in [1.165, 1.54) is 5.56 Å². The van der Waals surface area contributed by atoms with Crippen LogP contribution in [-0.2, 0) is 4.79 Å². The van der Waals surface area contributed by atoms with Crippen molar-refractivity contribution in [1.82, 2.24) is 0 Å². The molecule has 1 amide bonds. The van der Waals surface area contributed by atoms with Crippen molar-refractivity contribution < 1.29 is 14.3 Å². The highest BCUT2D eigenvalue weighted by Gasteiger charge is 2.06. The lowest BCUT2D eigenvalue weighted by Crippen LogP contribution is -2.20. The number of hydrogen-bond donors (Lipinski definition) is 1. The molecule has 0 aromatic heterocycles. The van der Waals surface area contributed by atoms with Gasteiger partial charge in [0.25, 0.3) is 5.91 Å². The van der Waals surface area contributed by atoms with Crippen LogP contribution < -0.4 is 14.8 Å². The average Bonchev–Trinajstić information content (AvgIpc) is 2.54. The molecule has 0 radical (unpaired) electrons. The summed E-state index contributed by atoms with van der Waals surface area (Å²) in [5.74, 6) is 1.27. The van der Waals surface area contributed by atoms with Crippen LogP contribution >= 0.6 is 0 Å². The smallest absolute Gasteiger partial charge is 0.262 e. The molecule has 0 saturated carbocycles. The lowest BCUT2D eigenvalue weighted by Gasteiger charge is -2.10. The predicted molar refractivity (Wildman–Crippen MR) is 92.3 cm³/mol. The maximum atomic E-state index is 12.0. The van der Waals surface area contributed by atoms with Gasteiger partial charge < -0.3 is 14.8 Å². The highest BCUT2D eigenvalue weighted by Crippen LogP contribution is 2.18. The van der Waals surface area contributed by atoms with Gasteiger partial charge in [-0.1, -0.05) is 24.6 Å². The van der Waals surface area contributed by atoms with Gasteiger partial charge in [-0.3, -0.25) is 4.79 Å². The van der Waals surface area contributed by atoms with Gasteiger partial charge in [0.15, 0.2) is 6.61 Å². The molecule has 23 heavy (non-hydrogen) atoms.